The van der Waals surface area contributed by atoms with Gasteiger partial charge in [0.15, 0.2) is 5.72 Å². The maximum Gasteiger partial charge on any atom is 0.436 e. The number of ether oxygens (including phenoxy) is 1. The lowest BCUT2D eigenvalue weighted by Gasteiger charge is -1.99. The molecule has 0 bridgehead atoms. The van der Waals surface area contributed by atoms with Crippen LogP contribution in [0.4, 0.5) is 4.79 Å². The zero-order valence-corrected chi connectivity index (χ0v) is 6.38. The van der Waals surface area contributed by atoms with E-state index in [1.54, 1.807) is 20.8 Å². The summed E-state index contributed by atoms with van der Waals surface area (Å²) in [5.74, 6) is 0. The van der Waals surface area contributed by atoms with Crippen molar-refractivity contribution in [2.45, 2.75) is 26.5 Å². The number of rotatable bonds is 1. The maximum atomic E-state index is 10.8. The Hall–Kier alpha value is -0.770. The summed E-state index contributed by atoms with van der Waals surface area (Å²) in [4.78, 5) is 15.7. The van der Waals surface area contributed by atoms with E-state index in [1.807, 2.05) is 0 Å². The highest BCUT2D eigenvalue weighted by Gasteiger charge is 2.51. The standard InChI is InChI=1S/C6H11NO3/c1-4-9-5(8)7-6(2,3)10-7/h4H2,1-3H3. The summed E-state index contributed by atoms with van der Waals surface area (Å²) in [7, 11) is 0. The lowest BCUT2D eigenvalue weighted by atomic mass is 10.4. The van der Waals surface area contributed by atoms with Crippen LogP contribution >= 0.6 is 0 Å². The van der Waals surface area contributed by atoms with Crippen molar-refractivity contribution in [2.75, 3.05) is 6.61 Å². The maximum absolute atomic E-state index is 10.8. The van der Waals surface area contributed by atoms with Crippen molar-refractivity contribution in [3.05, 3.63) is 0 Å². The number of amides is 1. The predicted molar refractivity (Wildman–Crippen MR) is 34.0 cm³/mol. The average Bonchev–Trinajstić information content (AvgIpc) is 2.41. The fourth-order valence-corrected chi connectivity index (χ4v) is 0.642. The van der Waals surface area contributed by atoms with Gasteiger partial charge >= 0.3 is 6.09 Å². The molecule has 0 atom stereocenters. The van der Waals surface area contributed by atoms with E-state index in [0.717, 1.165) is 0 Å². The van der Waals surface area contributed by atoms with E-state index in [4.69, 9.17) is 4.84 Å². The Kier molecular flexibility index (Phi) is 1.56. The van der Waals surface area contributed by atoms with Crippen LogP contribution < -0.4 is 0 Å². The van der Waals surface area contributed by atoms with Gasteiger partial charge in [0.25, 0.3) is 0 Å². The van der Waals surface area contributed by atoms with E-state index < -0.39 is 11.8 Å². The topological polar surface area (TPSA) is 41.8 Å². The Morgan fingerprint density at radius 2 is 2.20 bits per heavy atom. The summed E-state index contributed by atoms with van der Waals surface area (Å²) in [6.45, 7) is 5.73. The van der Waals surface area contributed by atoms with Crippen molar-refractivity contribution in [3.8, 4) is 0 Å². The van der Waals surface area contributed by atoms with Crippen LogP contribution in [-0.4, -0.2) is 23.5 Å². The van der Waals surface area contributed by atoms with E-state index in [1.165, 1.54) is 5.06 Å². The van der Waals surface area contributed by atoms with Crippen molar-refractivity contribution in [2.24, 2.45) is 0 Å². The monoisotopic (exact) mass is 145 g/mol. The Morgan fingerprint density at radius 1 is 1.70 bits per heavy atom. The fraction of sp³-hybridized carbons (Fsp3) is 0.833. The van der Waals surface area contributed by atoms with Crippen molar-refractivity contribution >= 4 is 6.09 Å². The Bertz CT molecular complexity index is 155. The number of hydrogen-bond acceptors (Lipinski definition) is 3. The molecule has 1 heterocycles. The van der Waals surface area contributed by atoms with Crippen LogP contribution in [0.5, 0.6) is 0 Å². The zero-order chi connectivity index (χ0) is 7.78. The molecule has 1 rings (SSSR count). The normalized spacial score (nSPS) is 20.5. The van der Waals surface area contributed by atoms with Crippen LogP contribution in [0.1, 0.15) is 20.8 Å². The molecule has 0 saturated carbocycles. The molecule has 0 aromatic heterocycles. The molecule has 0 unspecified atom stereocenters. The lowest BCUT2D eigenvalue weighted by molar-refractivity contribution is 0.0965. The molecule has 4 heteroatoms. The van der Waals surface area contributed by atoms with Gasteiger partial charge in [-0.2, -0.15) is 0 Å². The van der Waals surface area contributed by atoms with Crippen LogP contribution in [0.3, 0.4) is 0 Å². The van der Waals surface area contributed by atoms with Crippen LogP contribution in [-0.2, 0) is 9.57 Å². The van der Waals surface area contributed by atoms with Gasteiger partial charge in [-0.15, -0.1) is 5.06 Å². The van der Waals surface area contributed by atoms with Gasteiger partial charge in [-0.25, -0.2) is 9.63 Å². The molecule has 1 aliphatic rings. The highest BCUT2D eigenvalue weighted by molar-refractivity contribution is 5.68. The summed E-state index contributed by atoms with van der Waals surface area (Å²) in [6, 6.07) is 0. The highest BCUT2D eigenvalue weighted by Crippen LogP contribution is 2.33. The molecule has 1 saturated heterocycles. The van der Waals surface area contributed by atoms with Crippen LogP contribution in [0.15, 0.2) is 0 Å². The third kappa shape index (κ3) is 1.21. The van der Waals surface area contributed by atoms with E-state index in [9.17, 15) is 4.79 Å². The van der Waals surface area contributed by atoms with Crippen molar-refractivity contribution < 1.29 is 14.4 Å². The predicted octanol–water partition coefficient (Wildman–Crippen LogP) is 1.13. The molecule has 0 N–H and O–H groups in total. The number of hydroxylamine groups is 2. The highest BCUT2D eigenvalue weighted by atomic mass is 16.9. The summed E-state index contributed by atoms with van der Waals surface area (Å²) < 4.78 is 4.66. The Labute approximate surface area is 59.7 Å². The molecule has 0 aromatic carbocycles. The summed E-state index contributed by atoms with van der Waals surface area (Å²) in [5, 5.41) is 1.20. The average molecular weight is 145 g/mol. The van der Waals surface area contributed by atoms with Gasteiger partial charge in [-0.1, -0.05) is 0 Å². The molecule has 0 radical (unpaired) electrons. The van der Waals surface area contributed by atoms with Gasteiger partial charge in [0.2, 0.25) is 0 Å². The summed E-state index contributed by atoms with van der Waals surface area (Å²) in [6.07, 6.45) is -0.410. The smallest absolute Gasteiger partial charge is 0.436 e. The molecule has 0 aromatic rings. The van der Waals surface area contributed by atoms with E-state index in [-0.39, 0.29) is 0 Å². The van der Waals surface area contributed by atoms with E-state index in [2.05, 4.69) is 4.74 Å². The summed E-state index contributed by atoms with van der Waals surface area (Å²) in [5.41, 5.74) is -0.452. The second kappa shape index (κ2) is 2.12. The first-order valence-corrected chi connectivity index (χ1v) is 3.24. The third-order valence-corrected chi connectivity index (χ3v) is 1.20. The van der Waals surface area contributed by atoms with Gasteiger partial charge in [0, 0.05) is 0 Å². The first-order valence-electron chi connectivity index (χ1n) is 3.24. The van der Waals surface area contributed by atoms with Crippen LogP contribution in [0.2, 0.25) is 0 Å². The second-order valence-electron chi connectivity index (χ2n) is 2.53. The zero-order valence-electron chi connectivity index (χ0n) is 6.38. The molecule has 4 nitrogen and oxygen atoms in total. The molecular formula is C6H11NO3. The first kappa shape index (κ1) is 7.34. The summed E-state index contributed by atoms with van der Waals surface area (Å²) >= 11 is 0. The fourth-order valence-electron chi connectivity index (χ4n) is 0.642. The number of carbonyl (C=O) groups is 1. The SMILES string of the molecule is CCOC(=O)N1OC1(C)C. The molecule has 0 spiro atoms. The first-order chi connectivity index (χ1) is 4.58. The van der Waals surface area contributed by atoms with Gasteiger partial charge in [0.1, 0.15) is 0 Å². The van der Waals surface area contributed by atoms with Crippen molar-refractivity contribution in [1.82, 2.24) is 5.06 Å². The molecule has 1 aliphatic heterocycles. The van der Waals surface area contributed by atoms with Crippen molar-refractivity contribution in [3.63, 3.8) is 0 Å². The third-order valence-electron chi connectivity index (χ3n) is 1.20. The Morgan fingerprint density at radius 3 is 2.50 bits per heavy atom. The second-order valence-corrected chi connectivity index (χ2v) is 2.53. The van der Waals surface area contributed by atoms with Gasteiger partial charge in [0.05, 0.1) is 6.61 Å². The Balaban J connectivity index is 2.33. The number of hydrogen-bond donors (Lipinski definition) is 0. The molecule has 58 valence electrons. The number of nitrogens with zero attached hydrogens (tertiary/aromatic N) is 1. The minimum atomic E-state index is -0.452. The molecule has 10 heavy (non-hydrogen) atoms. The largest absolute Gasteiger partial charge is 0.448 e. The molecule has 0 aliphatic carbocycles. The van der Waals surface area contributed by atoms with Crippen LogP contribution in [0.25, 0.3) is 0 Å². The number of carbonyl (C=O) groups excluding carboxylic acids is 1. The van der Waals surface area contributed by atoms with Gasteiger partial charge < -0.3 is 4.74 Å². The van der Waals surface area contributed by atoms with Gasteiger partial charge in [-0.05, 0) is 20.8 Å². The minimum absolute atomic E-state index is 0.384. The van der Waals surface area contributed by atoms with Crippen LogP contribution in [0, 0.1) is 0 Å². The molecular weight excluding hydrogens is 134 g/mol. The van der Waals surface area contributed by atoms with E-state index >= 15 is 0 Å². The quantitative estimate of drug-likeness (QED) is 0.519. The van der Waals surface area contributed by atoms with Crippen molar-refractivity contribution in [1.29, 1.82) is 0 Å². The van der Waals surface area contributed by atoms with Gasteiger partial charge in [-0.3, -0.25) is 0 Å². The molecule has 1 amide bonds. The minimum Gasteiger partial charge on any atom is -0.448 e. The van der Waals surface area contributed by atoms with E-state index in [0.29, 0.717) is 6.61 Å². The molecule has 1 fully saturated rings. The lowest BCUT2D eigenvalue weighted by Crippen LogP contribution is -2.18.